The van der Waals surface area contributed by atoms with Gasteiger partial charge in [0.2, 0.25) is 5.89 Å². The van der Waals surface area contributed by atoms with E-state index in [0.717, 1.165) is 6.42 Å². The lowest BCUT2D eigenvalue weighted by Gasteiger charge is -2.10. The lowest BCUT2D eigenvalue weighted by molar-refractivity contribution is 0.495. The van der Waals surface area contributed by atoms with E-state index in [4.69, 9.17) is 10.2 Å². The lowest BCUT2D eigenvalue weighted by atomic mass is 10.1. The van der Waals surface area contributed by atoms with E-state index in [-0.39, 0.29) is 0 Å². The van der Waals surface area contributed by atoms with Crippen LogP contribution in [-0.2, 0) is 6.42 Å². The summed E-state index contributed by atoms with van der Waals surface area (Å²) in [7, 11) is 0. The van der Waals surface area contributed by atoms with Gasteiger partial charge in [-0.1, -0.05) is 37.7 Å². The normalized spacial score (nSPS) is 12.6. The van der Waals surface area contributed by atoms with Crippen LogP contribution in [0.4, 0.5) is 6.01 Å². The Hall–Kier alpha value is -1.10. The molecule has 1 aromatic rings. The molecule has 0 radical (unpaired) electrons. The third kappa shape index (κ3) is 5.68. The summed E-state index contributed by atoms with van der Waals surface area (Å²) in [5, 5.41) is 11.1. The summed E-state index contributed by atoms with van der Waals surface area (Å²) >= 11 is 0. The third-order valence-electron chi connectivity index (χ3n) is 2.69. The molecule has 5 nitrogen and oxygen atoms in total. The highest BCUT2D eigenvalue weighted by Crippen LogP contribution is 2.11. The van der Waals surface area contributed by atoms with Crippen LogP contribution in [0.25, 0.3) is 0 Å². The summed E-state index contributed by atoms with van der Waals surface area (Å²) in [6.45, 7) is 4.89. The van der Waals surface area contributed by atoms with Crippen LogP contribution in [0.15, 0.2) is 4.42 Å². The standard InChI is InChI=1S/C12H24N4O/c1-3-4-5-6-7-10(2)14-12-16-15-11(17-12)8-9-13/h10H,3-9,13H2,1-2H3,(H,14,16). The van der Waals surface area contributed by atoms with Crippen molar-refractivity contribution in [1.82, 2.24) is 10.2 Å². The lowest BCUT2D eigenvalue weighted by Crippen LogP contribution is -2.15. The van der Waals surface area contributed by atoms with Crippen LogP contribution in [-0.4, -0.2) is 22.8 Å². The summed E-state index contributed by atoms with van der Waals surface area (Å²) in [4.78, 5) is 0. The minimum Gasteiger partial charge on any atom is -0.408 e. The first-order valence-electron chi connectivity index (χ1n) is 6.55. The first kappa shape index (κ1) is 14.0. The molecule has 0 aromatic carbocycles. The summed E-state index contributed by atoms with van der Waals surface area (Å²) in [5.74, 6) is 0.605. The van der Waals surface area contributed by atoms with Gasteiger partial charge < -0.3 is 15.5 Å². The van der Waals surface area contributed by atoms with E-state index in [2.05, 4.69) is 29.4 Å². The highest BCUT2D eigenvalue weighted by molar-refractivity contribution is 5.18. The maximum Gasteiger partial charge on any atom is 0.315 e. The molecule has 0 amide bonds. The highest BCUT2D eigenvalue weighted by Gasteiger charge is 2.08. The number of nitrogens with zero attached hydrogens (tertiary/aromatic N) is 2. The number of hydrogen-bond donors (Lipinski definition) is 2. The first-order valence-corrected chi connectivity index (χ1v) is 6.55. The SMILES string of the molecule is CCCCCCC(C)Nc1nnc(CCN)o1. The maximum atomic E-state index is 5.42. The average Bonchev–Trinajstić information content (AvgIpc) is 2.73. The number of aromatic nitrogens is 2. The van der Waals surface area contributed by atoms with Gasteiger partial charge in [0.25, 0.3) is 0 Å². The second kappa shape index (κ2) is 8.06. The monoisotopic (exact) mass is 240 g/mol. The fourth-order valence-corrected chi connectivity index (χ4v) is 1.70. The zero-order valence-corrected chi connectivity index (χ0v) is 10.9. The van der Waals surface area contributed by atoms with Crippen LogP contribution in [0.2, 0.25) is 0 Å². The van der Waals surface area contributed by atoms with Gasteiger partial charge in [-0.25, -0.2) is 0 Å². The number of rotatable bonds is 9. The maximum absolute atomic E-state index is 5.42. The Morgan fingerprint density at radius 3 is 2.82 bits per heavy atom. The molecule has 3 N–H and O–H groups in total. The summed E-state index contributed by atoms with van der Waals surface area (Å²) in [5.41, 5.74) is 5.42. The van der Waals surface area contributed by atoms with Crippen molar-refractivity contribution in [2.45, 2.75) is 58.4 Å². The van der Waals surface area contributed by atoms with E-state index in [1.165, 1.54) is 25.7 Å². The van der Waals surface area contributed by atoms with Crippen LogP contribution in [0.5, 0.6) is 0 Å². The van der Waals surface area contributed by atoms with Gasteiger partial charge in [-0.05, 0) is 13.3 Å². The van der Waals surface area contributed by atoms with Crippen LogP contribution in [0, 0.1) is 0 Å². The average molecular weight is 240 g/mol. The molecule has 5 heteroatoms. The number of anilines is 1. The predicted octanol–water partition coefficient (Wildman–Crippen LogP) is 2.34. The Morgan fingerprint density at radius 2 is 2.12 bits per heavy atom. The van der Waals surface area contributed by atoms with Crippen LogP contribution >= 0.6 is 0 Å². The van der Waals surface area contributed by atoms with Gasteiger partial charge in [-0.3, -0.25) is 0 Å². The Balaban J connectivity index is 2.22. The minimum atomic E-state index is 0.373. The molecule has 98 valence electrons. The largest absolute Gasteiger partial charge is 0.408 e. The molecule has 0 saturated carbocycles. The third-order valence-corrected chi connectivity index (χ3v) is 2.69. The fraction of sp³-hybridized carbons (Fsp3) is 0.833. The molecule has 1 heterocycles. The van der Waals surface area contributed by atoms with Gasteiger partial charge in [-0.2, -0.15) is 0 Å². The first-order chi connectivity index (χ1) is 8.26. The molecule has 0 aliphatic heterocycles. The molecule has 1 unspecified atom stereocenters. The second-order valence-electron chi connectivity index (χ2n) is 4.43. The minimum absolute atomic E-state index is 0.373. The van der Waals surface area contributed by atoms with Gasteiger partial charge >= 0.3 is 6.01 Å². The Morgan fingerprint density at radius 1 is 1.29 bits per heavy atom. The van der Waals surface area contributed by atoms with Crippen molar-refractivity contribution in [2.24, 2.45) is 5.73 Å². The topological polar surface area (TPSA) is 77.0 Å². The molecular weight excluding hydrogens is 216 g/mol. The molecule has 1 atom stereocenters. The van der Waals surface area contributed by atoms with Crippen molar-refractivity contribution >= 4 is 6.01 Å². The van der Waals surface area contributed by atoms with E-state index >= 15 is 0 Å². The van der Waals surface area contributed by atoms with Crippen molar-refractivity contribution in [1.29, 1.82) is 0 Å². The summed E-state index contributed by atoms with van der Waals surface area (Å²) in [6, 6.07) is 0.884. The van der Waals surface area contributed by atoms with E-state index in [1.54, 1.807) is 0 Å². The van der Waals surface area contributed by atoms with Gasteiger partial charge in [0, 0.05) is 19.0 Å². The van der Waals surface area contributed by atoms with Crippen molar-refractivity contribution < 1.29 is 4.42 Å². The second-order valence-corrected chi connectivity index (χ2v) is 4.43. The zero-order valence-electron chi connectivity index (χ0n) is 10.9. The predicted molar refractivity (Wildman–Crippen MR) is 68.9 cm³/mol. The van der Waals surface area contributed by atoms with Crippen LogP contribution in [0.3, 0.4) is 0 Å². The fourth-order valence-electron chi connectivity index (χ4n) is 1.70. The van der Waals surface area contributed by atoms with E-state index in [9.17, 15) is 0 Å². The van der Waals surface area contributed by atoms with E-state index in [0.29, 0.717) is 30.9 Å². The summed E-state index contributed by atoms with van der Waals surface area (Å²) < 4.78 is 5.41. The number of unbranched alkanes of at least 4 members (excludes halogenated alkanes) is 3. The van der Waals surface area contributed by atoms with Gasteiger partial charge in [0.15, 0.2) is 0 Å². The highest BCUT2D eigenvalue weighted by atomic mass is 16.4. The van der Waals surface area contributed by atoms with E-state index < -0.39 is 0 Å². The van der Waals surface area contributed by atoms with Crippen LogP contribution < -0.4 is 11.1 Å². The quantitative estimate of drug-likeness (QED) is 0.648. The zero-order chi connectivity index (χ0) is 12.5. The van der Waals surface area contributed by atoms with Gasteiger partial charge in [0.05, 0.1) is 0 Å². The Labute approximate surface area is 103 Å². The van der Waals surface area contributed by atoms with Gasteiger partial charge in [0.1, 0.15) is 0 Å². The number of hydrogen-bond acceptors (Lipinski definition) is 5. The number of nitrogens with one attached hydrogen (secondary N) is 1. The summed E-state index contributed by atoms with van der Waals surface area (Å²) in [6.07, 6.45) is 6.90. The number of nitrogens with two attached hydrogens (primary N) is 1. The van der Waals surface area contributed by atoms with Crippen molar-refractivity contribution in [3.63, 3.8) is 0 Å². The molecule has 1 aromatic heterocycles. The van der Waals surface area contributed by atoms with Crippen molar-refractivity contribution in [3.05, 3.63) is 5.89 Å². The van der Waals surface area contributed by atoms with Gasteiger partial charge in [-0.15, -0.1) is 5.10 Å². The Kier molecular flexibility index (Phi) is 6.62. The molecule has 1 rings (SSSR count). The van der Waals surface area contributed by atoms with Crippen molar-refractivity contribution in [3.8, 4) is 0 Å². The molecule has 0 aliphatic rings. The van der Waals surface area contributed by atoms with Crippen molar-refractivity contribution in [2.75, 3.05) is 11.9 Å². The smallest absolute Gasteiger partial charge is 0.315 e. The molecule has 0 spiro atoms. The molecule has 0 fully saturated rings. The Bertz CT molecular complexity index is 300. The molecule has 17 heavy (non-hydrogen) atoms. The molecule has 0 aliphatic carbocycles. The molecule has 0 saturated heterocycles. The molecule has 0 bridgehead atoms. The molecular formula is C12H24N4O. The van der Waals surface area contributed by atoms with Crippen LogP contribution in [0.1, 0.15) is 51.8 Å². The van der Waals surface area contributed by atoms with E-state index in [1.807, 2.05) is 0 Å².